The second-order valence-corrected chi connectivity index (χ2v) is 4.93. The van der Waals surface area contributed by atoms with Crippen LogP contribution < -0.4 is 10.6 Å². The topological polar surface area (TPSA) is 42.4 Å². The minimum atomic E-state index is 0.0871. The lowest BCUT2D eigenvalue weighted by Crippen LogP contribution is -2.21. The lowest BCUT2D eigenvalue weighted by molar-refractivity contribution is 0.529. The molecular weight excluding hydrogens is 236 g/mol. The second kappa shape index (κ2) is 5.93. The molecule has 2 N–H and O–H groups in total. The van der Waals surface area contributed by atoms with Gasteiger partial charge in [0.25, 0.3) is 0 Å². The van der Waals surface area contributed by atoms with Crippen LogP contribution in [0.5, 0.6) is 0 Å². The fraction of sp³-hybridized carbons (Fsp3) is 0.375. The summed E-state index contributed by atoms with van der Waals surface area (Å²) in [4.78, 5) is 2.22. The summed E-state index contributed by atoms with van der Waals surface area (Å²) in [5.41, 5.74) is 9.80. The van der Waals surface area contributed by atoms with Gasteiger partial charge in [0.1, 0.15) is 5.76 Å². The Kier molecular flexibility index (Phi) is 4.27. The predicted molar refractivity (Wildman–Crippen MR) is 79.2 cm³/mol. The summed E-state index contributed by atoms with van der Waals surface area (Å²) in [5.74, 6) is 0.976. The molecule has 3 heteroatoms. The Hall–Kier alpha value is -1.74. The zero-order valence-corrected chi connectivity index (χ0v) is 11.9. The SMILES string of the molecule is CC[C@@H](N)c1ccccc1N(C)Cc1ccoc1C. The van der Waals surface area contributed by atoms with E-state index in [1.165, 1.54) is 16.8 Å². The predicted octanol–water partition coefficient (Wildman–Crippen LogP) is 3.63. The van der Waals surface area contributed by atoms with Crippen molar-refractivity contribution in [1.29, 1.82) is 0 Å². The monoisotopic (exact) mass is 258 g/mol. The summed E-state index contributed by atoms with van der Waals surface area (Å²) in [6.07, 6.45) is 2.68. The van der Waals surface area contributed by atoms with Gasteiger partial charge < -0.3 is 15.1 Å². The van der Waals surface area contributed by atoms with E-state index in [0.29, 0.717) is 0 Å². The molecule has 0 spiro atoms. The average Bonchev–Trinajstić information content (AvgIpc) is 2.83. The van der Waals surface area contributed by atoms with E-state index in [2.05, 4.69) is 37.1 Å². The third-order valence-corrected chi connectivity index (χ3v) is 3.56. The largest absolute Gasteiger partial charge is 0.469 e. The maximum atomic E-state index is 6.19. The van der Waals surface area contributed by atoms with Crippen LogP contribution in [0.2, 0.25) is 0 Å². The molecular formula is C16H22N2O. The van der Waals surface area contributed by atoms with Crippen molar-refractivity contribution in [2.45, 2.75) is 32.9 Å². The van der Waals surface area contributed by atoms with Crippen LogP contribution in [0.15, 0.2) is 41.0 Å². The third-order valence-electron chi connectivity index (χ3n) is 3.56. The van der Waals surface area contributed by atoms with E-state index >= 15 is 0 Å². The Morgan fingerprint density at radius 3 is 2.63 bits per heavy atom. The Bertz CT molecular complexity index is 533. The number of furan rings is 1. The highest BCUT2D eigenvalue weighted by Crippen LogP contribution is 2.27. The molecule has 0 radical (unpaired) electrons. The second-order valence-electron chi connectivity index (χ2n) is 4.93. The molecule has 1 heterocycles. The van der Waals surface area contributed by atoms with Crippen LogP contribution in [0, 0.1) is 6.92 Å². The maximum absolute atomic E-state index is 6.19. The summed E-state index contributed by atoms with van der Waals surface area (Å²) < 4.78 is 5.35. The lowest BCUT2D eigenvalue weighted by atomic mass is 10.0. The number of benzene rings is 1. The molecule has 102 valence electrons. The molecule has 1 aromatic heterocycles. The van der Waals surface area contributed by atoms with Crippen LogP contribution in [-0.2, 0) is 6.54 Å². The van der Waals surface area contributed by atoms with Gasteiger partial charge >= 0.3 is 0 Å². The minimum absolute atomic E-state index is 0.0871. The molecule has 0 amide bonds. The fourth-order valence-electron chi connectivity index (χ4n) is 2.28. The van der Waals surface area contributed by atoms with Gasteiger partial charge in [-0.2, -0.15) is 0 Å². The van der Waals surface area contributed by atoms with E-state index in [0.717, 1.165) is 18.7 Å². The summed E-state index contributed by atoms with van der Waals surface area (Å²) in [6.45, 7) is 4.93. The van der Waals surface area contributed by atoms with Gasteiger partial charge in [-0.1, -0.05) is 25.1 Å². The van der Waals surface area contributed by atoms with Gasteiger partial charge in [-0.25, -0.2) is 0 Å². The van der Waals surface area contributed by atoms with Crippen molar-refractivity contribution in [3.8, 4) is 0 Å². The van der Waals surface area contributed by atoms with E-state index in [1.807, 2.05) is 19.1 Å². The number of anilines is 1. The Labute approximate surface area is 115 Å². The standard InChI is InChI=1S/C16H22N2O/c1-4-15(17)14-7-5-6-8-16(14)18(3)11-13-9-10-19-12(13)2/h5-10,15H,4,11,17H2,1-3H3/t15-/m1/s1. The number of nitrogens with two attached hydrogens (primary N) is 1. The van der Waals surface area contributed by atoms with E-state index in [4.69, 9.17) is 10.2 Å². The highest BCUT2D eigenvalue weighted by molar-refractivity contribution is 5.54. The van der Waals surface area contributed by atoms with Crippen molar-refractivity contribution in [2.75, 3.05) is 11.9 Å². The third kappa shape index (κ3) is 2.99. The molecule has 0 fully saturated rings. The molecule has 0 aliphatic carbocycles. The molecule has 2 aromatic rings. The molecule has 2 rings (SSSR count). The normalized spacial score (nSPS) is 12.4. The average molecular weight is 258 g/mol. The minimum Gasteiger partial charge on any atom is -0.469 e. The zero-order valence-electron chi connectivity index (χ0n) is 11.9. The Morgan fingerprint density at radius 1 is 1.26 bits per heavy atom. The molecule has 0 aliphatic rings. The molecule has 0 bridgehead atoms. The first-order chi connectivity index (χ1) is 9.13. The van der Waals surface area contributed by atoms with Crippen LogP contribution in [0.1, 0.15) is 36.3 Å². The highest BCUT2D eigenvalue weighted by atomic mass is 16.3. The Balaban J connectivity index is 2.24. The number of nitrogens with zero attached hydrogens (tertiary/aromatic N) is 1. The first kappa shape index (κ1) is 13.7. The smallest absolute Gasteiger partial charge is 0.105 e. The van der Waals surface area contributed by atoms with Gasteiger partial charge in [0.15, 0.2) is 0 Å². The van der Waals surface area contributed by atoms with Crippen LogP contribution in [0.3, 0.4) is 0 Å². The highest BCUT2D eigenvalue weighted by Gasteiger charge is 2.13. The van der Waals surface area contributed by atoms with Crippen molar-refractivity contribution in [3.63, 3.8) is 0 Å². The van der Waals surface area contributed by atoms with Crippen molar-refractivity contribution in [2.24, 2.45) is 5.73 Å². The lowest BCUT2D eigenvalue weighted by Gasteiger charge is -2.24. The zero-order chi connectivity index (χ0) is 13.8. The van der Waals surface area contributed by atoms with Crippen LogP contribution in [-0.4, -0.2) is 7.05 Å². The van der Waals surface area contributed by atoms with Gasteiger partial charge in [-0.05, 0) is 31.0 Å². The van der Waals surface area contributed by atoms with Crippen LogP contribution in [0.25, 0.3) is 0 Å². The molecule has 1 aromatic carbocycles. The van der Waals surface area contributed by atoms with Crippen LogP contribution >= 0.6 is 0 Å². The summed E-state index contributed by atoms with van der Waals surface area (Å²) >= 11 is 0. The van der Waals surface area contributed by atoms with Gasteiger partial charge in [0.2, 0.25) is 0 Å². The molecule has 0 unspecified atom stereocenters. The maximum Gasteiger partial charge on any atom is 0.105 e. The van der Waals surface area contributed by atoms with Crippen molar-refractivity contribution in [1.82, 2.24) is 0 Å². The summed E-state index contributed by atoms with van der Waals surface area (Å²) in [6, 6.07) is 10.5. The number of hydrogen-bond acceptors (Lipinski definition) is 3. The molecule has 3 nitrogen and oxygen atoms in total. The van der Waals surface area contributed by atoms with Crippen molar-refractivity contribution < 1.29 is 4.42 Å². The van der Waals surface area contributed by atoms with Gasteiger partial charge in [0, 0.05) is 30.9 Å². The molecule has 0 saturated heterocycles. The van der Waals surface area contributed by atoms with Crippen molar-refractivity contribution >= 4 is 5.69 Å². The summed E-state index contributed by atoms with van der Waals surface area (Å²) in [7, 11) is 2.09. The quantitative estimate of drug-likeness (QED) is 0.890. The molecule has 19 heavy (non-hydrogen) atoms. The molecule has 1 atom stereocenters. The molecule has 0 aliphatic heterocycles. The number of rotatable bonds is 5. The number of para-hydroxylation sites is 1. The van der Waals surface area contributed by atoms with Crippen molar-refractivity contribution in [3.05, 3.63) is 53.5 Å². The van der Waals surface area contributed by atoms with Gasteiger partial charge in [-0.3, -0.25) is 0 Å². The Morgan fingerprint density at radius 2 is 2.00 bits per heavy atom. The van der Waals surface area contributed by atoms with Crippen LogP contribution in [0.4, 0.5) is 5.69 Å². The molecule has 0 saturated carbocycles. The van der Waals surface area contributed by atoms with E-state index < -0.39 is 0 Å². The van der Waals surface area contributed by atoms with Gasteiger partial charge in [-0.15, -0.1) is 0 Å². The fourth-order valence-corrected chi connectivity index (χ4v) is 2.28. The van der Waals surface area contributed by atoms with E-state index in [9.17, 15) is 0 Å². The first-order valence-corrected chi connectivity index (χ1v) is 6.72. The van der Waals surface area contributed by atoms with E-state index in [-0.39, 0.29) is 6.04 Å². The first-order valence-electron chi connectivity index (χ1n) is 6.72. The van der Waals surface area contributed by atoms with Gasteiger partial charge in [0.05, 0.1) is 6.26 Å². The summed E-state index contributed by atoms with van der Waals surface area (Å²) in [5, 5.41) is 0. The number of aryl methyl sites for hydroxylation is 1. The number of hydrogen-bond donors (Lipinski definition) is 1. The van der Waals surface area contributed by atoms with E-state index in [1.54, 1.807) is 6.26 Å².